The van der Waals surface area contributed by atoms with Gasteiger partial charge in [-0.3, -0.25) is 0 Å². The average Bonchev–Trinajstić information content (AvgIpc) is 2.44. The second kappa shape index (κ2) is 3.54. The number of nitrogens with two attached hydrogens (primary N) is 1. The second-order valence-electron chi connectivity index (χ2n) is 3.86. The highest BCUT2D eigenvalue weighted by Gasteiger charge is 2.39. The van der Waals surface area contributed by atoms with Gasteiger partial charge in [-0.15, -0.1) is 0 Å². The summed E-state index contributed by atoms with van der Waals surface area (Å²) in [6, 6.07) is 1.85. The van der Waals surface area contributed by atoms with Crippen molar-refractivity contribution in [2.24, 2.45) is 0 Å². The van der Waals surface area contributed by atoms with E-state index < -0.39 is 36.2 Å². The molecule has 0 unspecified atom stereocenters. The molecule has 0 amide bonds. The van der Waals surface area contributed by atoms with Crippen LogP contribution in [-0.2, 0) is 0 Å². The molecule has 2 rings (SSSR count). The van der Waals surface area contributed by atoms with E-state index in [-0.39, 0.29) is 12.2 Å². The topological polar surface area (TPSA) is 29.3 Å². The first-order valence-electron chi connectivity index (χ1n) is 4.76. The number of rotatable bonds is 1. The summed E-state index contributed by atoms with van der Waals surface area (Å²) in [5.74, 6) is -4.70. The largest absolute Gasteiger partial charge is 0.399 e. The van der Waals surface area contributed by atoms with Crippen molar-refractivity contribution in [2.45, 2.75) is 12.3 Å². The fourth-order valence-corrected chi connectivity index (χ4v) is 1.81. The van der Waals surface area contributed by atoms with Gasteiger partial charge in [0, 0.05) is 18.7 Å². The standard InChI is InChI=1S/C10H10F4N2/c11-7-3-6(15)4-8(12)9(7)16-2-1-10(13,14)5-16/h3-4H,1-2,5,15H2. The maximum Gasteiger partial charge on any atom is 0.266 e. The Morgan fingerprint density at radius 3 is 2.19 bits per heavy atom. The average molecular weight is 234 g/mol. The van der Waals surface area contributed by atoms with Gasteiger partial charge in [0.25, 0.3) is 5.92 Å². The first kappa shape index (κ1) is 11.0. The van der Waals surface area contributed by atoms with Gasteiger partial charge in [-0.05, 0) is 12.1 Å². The van der Waals surface area contributed by atoms with Gasteiger partial charge in [-0.2, -0.15) is 0 Å². The molecule has 0 spiro atoms. The van der Waals surface area contributed by atoms with Crippen molar-refractivity contribution >= 4 is 11.4 Å². The summed E-state index contributed by atoms with van der Waals surface area (Å²) in [5.41, 5.74) is 4.74. The van der Waals surface area contributed by atoms with Gasteiger partial charge in [0.05, 0.1) is 6.54 Å². The van der Waals surface area contributed by atoms with E-state index in [1.54, 1.807) is 0 Å². The molecular weight excluding hydrogens is 224 g/mol. The summed E-state index contributed by atoms with van der Waals surface area (Å²) in [5, 5.41) is 0. The fourth-order valence-electron chi connectivity index (χ4n) is 1.81. The van der Waals surface area contributed by atoms with Crippen molar-refractivity contribution in [3.05, 3.63) is 23.8 Å². The zero-order chi connectivity index (χ0) is 11.9. The van der Waals surface area contributed by atoms with Crippen LogP contribution in [0.3, 0.4) is 0 Å². The van der Waals surface area contributed by atoms with Crippen molar-refractivity contribution in [3.8, 4) is 0 Å². The van der Waals surface area contributed by atoms with Crippen molar-refractivity contribution in [1.29, 1.82) is 0 Å². The molecule has 0 atom stereocenters. The van der Waals surface area contributed by atoms with Crippen LogP contribution in [0.25, 0.3) is 0 Å². The molecule has 1 aliphatic rings. The Morgan fingerprint density at radius 2 is 1.75 bits per heavy atom. The Bertz CT molecular complexity index is 396. The fraction of sp³-hybridized carbons (Fsp3) is 0.400. The number of hydrogen-bond acceptors (Lipinski definition) is 2. The SMILES string of the molecule is Nc1cc(F)c(N2CCC(F)(F)C2)c(F)c1. The van der Waals surface area contributed by atoms with E-state index in [0.29, 0.717) is 0 Å². The van der Waals surface area contributed by atoms with E-state index >= 15 is 0 Å². The van der Waals surface area contributed by atoms with Crippen molar-refractivity contribution < 1.29 is 17.6 Å². The lowest BCUT2D eigenvalue weighted by molar-refractivity contribution is 0.0256. The molecule has 1 aromatic carbocycles. The van der Waals surface area contributed by atoms with Gasteiger partial charge in [0.1, 0.15) is 5.69 Å². The van der Waals surface area contributed by atoms with Crippen LogP contribution in [0.4, 0.5) is 28.9 Å². The van der Waals surface area contributed by atoms with Gasteiger partial charge in [-0.1, -0.05) is 0 Å². The first-order valence-corrected chi connectivity index (χ1v) is 4.76. The normalized spacial score (nSPS) is 19.1. The minimum atomic E-state index is -2.89. The summed E-state index contributed by atoms with van der Waals surface area (Å²) in [6.45, 7) is -0.727. The Balaban J connectivity index is 2.35. The maximum atomic E-state index is 13.4. The Kier molecular flexibility index (Phi) is 2.44. The molecule has 1 aliphatic heterocycles. The first-order chi connectivity index (χ1) is 7.39. The summed E-state index contributed by atoms with van der Waals surface area (Å²) >= 11 is 0. The number of benzene rings is 1. The van der Waals surface area contributed by atoms with Crippen LogP contribution in [0.5, 0.6) is 0 Å². The zero-order valence-corrected chi connectivity index (χ0v) is 8.31. The second-order valence-corrected chi connectivity index (χ2v) is 3.86. The lowest BCUT2D eigenvalue weighted by Gasteiger charge is -2.19. The molecule has 6 heteroatoms. The molecule has 1 heterocycles. The highest BCUT2D eigenvalue weighted by Crippen LogP contribution is 2.34. The van der Waals surface area contributed by atoms with E-state index in [9.17, 15) is 17.6 Å². The van der Waals surface area contributed by atoms with Crippen LogP contribution in [0, 0.1) is 11.6 Å². The van der Waals surface area contributed by atoms with Gasteiger partial charge in [0.2, 0.25) is 0 Å². The molecule has 88 valence electrons. The summed E-state index contributed by atoms with van der Waals surface area (Å²) in [6.07, 6.45) is -0.393. The van der Waals surface area contributed by atoms with Crippen molar-refractivity contribution in [2.75, 3.05) is 23.7 Å². The number of nitrogen functional groups attached to an aromatic ring is 1. The highest BCUT2D eigenvalue weighted by molar-refractivity contribution is 5.56. The molecule has 0 saturated carbocycles. The Labute approximate surface area is 89.6 Å². The monoisotopic (exact) mass is 234 g/mol. The lowest BCUT2D eigenvalue weighted by atomic mass is 10.2. The van der Waals surface area contributed by atoms with Crippen molar-refractivity contribution in [3.63, 3.8) is 0 Å². The summed E-state index contributed by atoms with van der Waals surface area (Å²) < 4.78 is 52.6. The lowest BCUT2D eigenvalue weighted by Crippen LogP contribution is -2.26. The number of anilines is 2. The van der Waals surface area contributed by atoms with E-state index in [2.05, 4.69) is 0 Å². The van der Waals surface area contributed by atoms with Crippen LogP contribution in [0.1, 0.15) is 6.42 Å². The minimum Gasteiger partial charge on any atom is -0.399 e. The molecule has 1 fully saturated rings. The van der Waals surface area contributed by atoms with Crippen LogP contribution in [-0.4, -0.2) is 19.0 Å². The molecule has 0 aliphatic carbocycles. The van der Waals surface area contributed by atoms with E-state index in [1.165, 1.54) is 0 Å². The number of halogens is 4. The predicted molar refractivity (Wildman–Crippen MR) is 52.5 cm³/mol. The maximum absolute atomic E-state index is 13.4. The number of hydrogen-bond donors (Lipinski definition) is 1. The third-order valence-electron chi connectivity index (χ3n) is 2.53. The summed E-state index contributed by atoms with van der Waals surface area (Å²) in [7, 11) is 0. The van der Waals surface area contributed by atoms with Gasteiger partial charge >= 0.3 is 0 Å². The van der Waals surface area contributed by atoms with Crippen LogP contribution >= 0.6 is 0 Å². The molecule has 0 radical (unpaired) electrons. The van der Waals surface area contributed by atoms with E-state index in [4.69, 9.17) is 5.73 Å². The molecular formula is C10H10F4N2. The molecule has 1 aromatic rings. The Hall–Kier alpha value is -1.46. The summed E-state index contributed by atoms with van der Waals surface area (Å²) in [4.78, 5) is 1.00. The van der Waals surface area contributed by atoms with Crippen molar-refractivity contribution in [1.82, 2.24) is 0 Å². The molecule has 1 saturated heterocycles. The van der Waals surface area contributed by atoms with Gasteiger partial charge in [-0.25, -0.2) is 17.6 Å². The highest BCUT2D eigenvalue weighted by atomic mass is 19.3. The smallest absolute Gasteiger partial charge is 0.266 e. The molecule has 2 N–H and O–H groups in total. The predicted octanol–water partition coefficient (Wildman–Crippen LogP) is 2.39. The van der Waals surface area contributed by atoms with Crippen LogP contribution in [0.2, 0.25) is 0 Å². The van der Waals surface area contributed by atoms with Gasteiger partial charge < -0.3 is 10.6 Å². The van der Waals surface area contributed by atoms with Gasteiger partial charge in [0.15, 0.2) is 11.6 Å². The molecule has 16 heavy (non-hydrogen) atoms. The quantitative estimate of drug-likeness (QED) is 0.597. The minimum absolute atomic E-state index is 0.0647. The van der Waals surface area contributed by atoms with E-state index in [1.807, 2.05) is 0 Å². The molecule has 0 bridgehead atoms. The van der Waals surface area contributed by atoms with Crippen LogP contribution < -0.4 is 10.6 Å². The van der Waals surface area contributed by atoms with E-state index in [0.717, 1.165) is 17.0 Å². The number of alkyl halides is 2. The molecule has 0 aromatic heterocycles. The zero-order valence-electron chi connectivity index (χ0n) is 8.31. The third-order valence-corrected chi connectivity index (χ3v) is 2.53. The molecule has 2 nitrogen and oxygen atoms in total. The Morgan fingerprint density at radius 1 is 1.19 bits per heavy atom. The van der Waals surface area contributed by atoms with Crippen LogP contribution in [0.15, 0.2) is 12.1 Å². The third kappa shape index (κ3) is 1.91. The number of nitrogens with zero attached hydrogens (tertiary/aromatic N) is 1.